The van der Waals surface area contributed by atoms with E-state index in [0.717, 1.165) is 57.8 Å². The second kappa shape index (κ2) is 27.3. The number of allylic oxidation sites excluding steroid dienone is 2. The van der Waals surface area contributed by atoms with Gasteiger partial charge in [-0.3, -0.25) is 18.6 Å². The molecule has 0 radical (unpaired) electrons. The largest absolute Gasteiger partial charge is 0.472 e. The van der Waals surface area contributed by atoms with Gasteiger partial charge in [0.25, 0.3) is 0 Å². The van der Waals surface area contributed by atoms with Gasteiger partial charge in [-0.15, -0.1) is 0 Å². The Morgan fingerprint density at radius 2 is 1.04 bits per heavy atom. The minimum absolute atomic E-state index is 0.0892. The smallest absolute Gasteiger partial charge is 0.462 e. The summed E-state index contributed by atoms with van der Waals surface area (Å²) in [5.74, 6) is -1.11. The Labute approximate surface area is 293 Å². The van der Waals surface area contributed by atoms with Crippen LogP contribution in [-0.4, -0.2) is 98.3 Å². The van der Waals surface area contributed by atoms with Crippen LogP contribution in [0, 0.1) is 0 Å². The molecule has 1 saturated carbocycles. The summed E-state index contributed by atoms with van der Waals surface area (Å²) < 4.78 is 33.2. The molecule has 1 aliphatic carbocycles. The molecule has 1 aliphatic rings. The average molecular weight is 725 g/mol. The van der Waals surface area contributed by atoms with Crippen molar-refractivity contribution in [3.05, 3.63) is 12.2 Å². The van der Waals surface area contributed by atoms with E-state index in [1.54, 1.807) is 0 Å². The Balaban J connectivity index is 2.58. The highest BCUT2D eigenvalue weighted by Crippen LogP contribution is 2.47. The van der Waals surface area contributed by atoms with Gasteiger partial charge in [-0.05, 0) is 38.5 Å². The molecule has 0 bridgehead atoms. The second-order valence-corrected chi connectivity index (χ2v) is 14.5. The third-order valence-electron chi connectivity index (χ3n) is 8.61. The lowest BCUT2D eigenvalue weighted by Crippen LogP contribution is -2.64. The SMILES string of the molecule is CCCCC/C=C/CCCCCCCC(=O)O[C@H](COC(=O)CCCCCCCCCC)COP(=O)(O)OC1C(O)C(O)C(O)[C@@H](O)C1O. The third-order valence-corrected chi connectivity index (χ3v) is 9.59. The molecule has 1 rings (SSSR count). The fraction of sp³-hybridized carbons (Fsp3) is 0.886. The summed E-state index contributed by atoms with van der Waals surface area (Å²) in [6, 6.07) is 0. The zero-order chi connectivity index (χ0) is 36.5. The number of carbonyl (C=O) groups is 2. The van der Waals surface area contributed by atoms with Crippen LogP contribution in [0.4, 0.5) is 0 Å². The van der Waals surface area contributed by atoms with Gasteiger partial charge in [0.1, 0.15) is 43.2 Å². The summed E-state index contributed by atoms with van der Waals surface area (Å²) in [6.07, 6.45) is 10.3. The normalized spacial score (nSPS) is 24.5. The molecule has 0 aromatic heterocycles. The zero-order valence-corrected chi connectivity index (χ0v) is 30.6. The number of carbonyl (C=O) groups excluding carboxylic acids is 2. The van der Waals surface area contributed by atoms with E-state index in [4.69, 9.17) is 18.5 Å². The fourth-order valence-electron chi connectivity index (χ4n) is 5.52. The molecule has 6 N–H and O–H groups in total. The molecule has 0 aromatic carbocycles. The van der Waals surface area contributed by atoms with Crippen molar-refractivity contribution >= 4 is 19.8 Å². The first-order chi connectivity index (χ1) is 23.4. The summed E-state index contributed by atoms with van der Waals surface area (Å²) in [5, 5.41) is 49.8. The first kappa shape index (κ1) is 45.6. The summed E-state index contributed by atoms with van der Waals surface area (Å²) in [6.45, 7) is 3.18. The predicted molar refractivity (Wildman–Crippen MR) is 184 cm³/mol. The summed E-state index contributed by atoms with van der Waals surface area (Å²) in [5.41, 5.74) is 0. The minimum atomic E-state index is -5.10. The van der Waals surface area contributed by atoms with Crippen LogP contribution in [0.15, 0.2) is 12.2 Å². The van der Waals surface area contributed by atoms with Crippen LogP contribution in [-0.2, 0) is 32.7 Å². The van der Waals surface area contributed by atoms with Gasteiger partial charge >= 0.3 is 19.8 Å². The van der Waals surface area contributed by atoms with Crippen LogP contribution >= 0.6 is 7.82 Å². The maximum atomic E-state index is 12.7. The standard InChI is InChI=1S/C35H65O13P/c1-3-5-7-9-11-13-14-15-16-18-20-22-24-29(37)47-27(25-45-28(36)23-21-19-17-12-10-8-6-4-2)26-46-49(43,44)48-35-33(41)31(39)30(38)32(40)34(35)42/h11,13,27,30-35,38-42H,3-10,12,14-26H2,1-2H3,(H,43,44)/b13-11+/t27-,30?,31-,32?,33?,34?,35?/m1/s1. The topological polar surface area (TPSA) is 210 Å². The summed E-state index contributed by atoms with van der Waals surface area (Å²) >= 11 is 0. The molecule has 0 amide bonds. The van der Waals surface area contributed by atoms with Crippen LogP contribution in [0.2, 0.25) is 0 Å². The number of ether oxygens (including phenoxy) is 2. The Hall–Kier alpha value is -1.41. The van der Waals surface area contributed by atoms with E-state index in [9.17, 15) is 44.6 Å². The highest BCUT2D eigenvalue weighted by atomic mass is 31.2. The Morgan fingerprint density at radius 1 is 0.612 bits per heavy atom. The number of hydrogen-bond acceptors (Lipinski definition) is 12. The highest BCUT2D eigenvalue weighted by molar-refractivity contribution is 7.47. The number of hydrogen-bond donors (Lipinski definition) is 6. The molecular formula is C35H65O13P. The molecule has 0 aliphatic heterocycles. The zero-order valence-electron chi connectivity index (χ0n) is 29.7. The Bertz CT molecular complexity index is 932. The molecule has 6 unspecified atom stereocenters. The number of rotatable bonds is 29. The maximum absolute atomic E-state index is 12.7. The van der Waals surface area contributed by atoms with Gasteiger partial charge in [0, 0.05) is 12.8 Å². The van der Waals surface area contributed by atoms with Crippen molar-refractivity contribution in [2.24, 2.45) is 0 Å². The predicted octanol–water partition coefficient (Wildman–Crippen LogP) is 5.16. The second-order valence-electron chi connectivity index (χ2n) is 13.1. The molecule has 0 spiro atoms. The quantitative estimate of drug-likeness (QED) is 0.0255. The molecule has 49 heavy (non-hydrogen) atoms. The van der Waals surface area contributed by atoms with Gasteiger partial charge in [0.05, 0.1) is 6.61 Å². The van der Waals surface area contributed by atoms with E-state index >= 15 is 0 Å². The monoisotopic (exact) mass is 724 g/mol. The molecular weight excluding hydrogens is 659 g/mol. The van der Waals surface area contributed by atoms with Gasteiger partial charge in [0.15, 0.2) is 6.10 Å². The van der Waals surface area contributed by atoms with E-state index in [1.165, 1.54) is 44.9 Å². The minimum Gasteiger partial charge on any atom is -0.462 e. The lowest BCUT2D eigenvalue weighted by Gasteiger charge is -2.41. The van der Waals surface area contributed by atoms with E-state index in [1.807, 2.05) is 0 Å². The first-order valence-electron chi connectivity index (χ1n) is 18.5. The highest BCUT2D eigenvalue weighted by Gasteiger charge is 2.51. The molecule has 0 heterocycles. The number of aliphatic hydroxyl groups excluding tert-OH is 5. The van der Waals surface area contributed by atoms with E-state index in [2.05, 4.69) is 26.0 Å². The van der Waals surface area contributed by atoms with Gasteiger partial charge in [-0.1, -0.05) is 103 Å². The molecule has 288 valence electrons. The van der Waals surface area contributed by atoms with E-state index < -0.39 is 75.7 Å². The fourth-order valence-corrected chi connectivity index (χ4v) is 6.49. The van der Waals surface area contributed by atoms with Crippen LogP contribution < -0.4 is 0 Å². The molecule has 0 aromatic rings. The van der Waals surface area contributed by atoms with Crippen molar-refractivity contribution in [3.8, 4) is 0 Å². The number of phosphoric ester groups is 1. The molecule has 1 fully saturated rings. The van der Waals surface area contributed by atoms with Crippen molar-refractivity contribution < 1.29 is 63.1 Å². The van der Waals surface area contributed by atoms with Crippen molar-refractivity contribution in [1.29, 1.82) is 0 Å². The lowest BCUT2D eigenvalue weighted by molar-refractivity contribution is -0.220. The van der Waals surface area contributed by atoms with Crippen molar-refractivity contribution in [3.63, 3.8) is 0 Å². The maximum Gasteiger partial charge on any atom is 0.472 e. The molecule has 8 atom stereocenters. The van der Waals surface area contributed by atoms with Gasteiger partial charge < -0.3 is 39.9 Å². The Kier molecular flexibility index (Phi) is 25.4. The van der Waals surface area contributed by atoms with E-state index in [-0.39, 0.29) is 12.8 Å². The van der Waals surface area contributed by atoms with Crippen LogP contribution in [0.1, 0.15) is 142 Å². The molecule has 0 saturated heterocycles. The average Bonchev–Trinajstić information content (AvgIpc) is 3.07. The van der Waals surface area contributed by atoms with Crippen molar-refractivity contribution in [2.75, 3.05) is 13.2 Å². The first-order valence-corrected chi connectivity index (χ1v) is 20.0. The Morgan fingerprint density at radius 3 is 1.59 bits per heavy atom. The van der Waals surface area contributed by atoms with Crippen molar-refractivity contribution in [2.45, 2.75) is 185 Å². The van der Waals surface area contributed by atoms with Crippen LogP contribution in [0.5, 0.6) is 0 Å². The summed E-state index contributed by atoms with van der Waals surface area (Å²) in [4.78, 5) is 35.3. The van der Waals surface area contributed by atoms with Crippen LogP contribution in [0.3, 0.4) is 0 Å². The van der Waals surface area contributed by atoms with Gasteiger partial charge in [0.2, 0.25) is 0 Å². The van der Waals surface area contributed by atoms with Gasteiger partial charge in [-0.25, -0.2) is 4.57 Å². The van der Waals surface area contributed by atoms with Gasteiger partial charge in [-0.2, -0.15) is 0 Å². The number of unbranched alkanes of at least 4 members (excludes halogenated alkanes) is 15. The number of esters is 2. The third kappa shape index (κ3) is 20.9. The van der Waals surface area contributed by atoms with Crippen molar-refractivity contribution in [1.82, 2.24) is 0 Å². The van der Waals surface area contributed by atoms with E-state index in [0.29, 0.717) is 12.8 Å². The summed E-state index contributed by atoms with van der Waals surface area (Å²) in [7, 11) is -5.10. The molecule has 13 nitrogen and oxygen atoms in total. The molecule has 14 heteroatoms. The van der Waals surface area contributed by atoms with Crippen LogP contribution in [0.25, 0.3) is 0 Å². The lowest BCUT2D eigenvalue weighted by atomic mass is 9.85. The number of aliphatic hydroxyl groups is 5. The number of phosphoric acid groups is 1.